The first-order chi connectivity index (χ1) is 7.24. The Bertz CT molecular complexity index is 365. The van der Waals surface area contributed by atoms with Gasteiger partial charge in [0.1, 0.15) is 0 Å². The second kappa shape index (κ2) is 4.64. The van der Waals surface area contributed by atoms with Crippen molar-refractivity contribution in [3.8, 4) is 0 Å². The summed E-state index contributed by atoms with van der Waals surface area (Å²) in [6, 6.07) is 4.65. The van der Waals surface area contributed by atoms with E-state index in [1.54, 1.807) is 7.11 Å². The Morgan fingerprint density at radius 2 is 2.33 bits per heavy atom. The van der Waals surface area contributed by atoms with E-state index in [0.29, 0.717) is 6.04 Å². The largest absolute Gasteiger partial charge is 0.383 e. The highest BCUT2D eigenvalue weighted by atomic mass is 79.9. The summed E-state index contributed by atoms with van der Waals surface area (Å²) in [6.45, 7) is 3.94. The molecule has 0 saturated heterocycles. The van der Waals surface area contributed by atoms with Crippen LogP contribution in [0.15, 0.2) is 16.6 Å². The van der Waals surface area contributed by atoms with Crippen molar-refractivity contribution < 1.29 is 4.74 Å². The smallest absolute Gasteiger partial charge is 0.0657 e. The highest BCUT2D eigenvalue weighted by Crippen LogP contribution is 2.31. The van der Waals surface area contributed by atoms with Crippen molar-refractivity contribution in [1.29, 1.82) is 0 Å². The quantitative estimate of drug-likeness (QED) is 0.891. The molecule has 3 heteroatoms. The van der Waals surface area contributed by atoms with Gasteiger partial charge in [-0.25, -0.2) is 0 Å². The fourth-order valence-electron chi connectivity index (χ4n) is 2.28. The first-order valence-electron chi connectivity index (χ1n) is 5.24. The maximum Gasteiger partial charge on any atom is 0.0657 e. The Kier molecular flexibility index (Phi) is 3.44. The van der Waals surface area contributed by atoms with Gasteiger partial charge in [-0.05, 0) is 42.6 Å². The van der Waals surface area contributed by atoms with E-state index in [0.717, 1.165) is 19.6 Å². The average Bonchev–Trinajstić information content (AvgIpc) is 2.24. The van der Waals surface area contributed by atoms with E-state index in [1.807, 2.05) is 0 Å². The molecule has 0 aliphatic carbocycles. The molecule has 1 aliphatic rings. The molecule has 0 bridgehead atoms. The Labute approximate surface area is 99.1 Å². The molecule has 0 amide bonds. The second-order valence-electron chi connectivity index (χ2n) is 3.97. The van der Waals surface area contributed by atoms with Gasteiger partial charge >= 0.3 is 0 Å². The molecule has 1 aliphatic heterocycles. The number of methoxy groups -OCH3 is 1. The van der Waals surface area contributed by atoms with E-state index >= 15 is 0 Å². The van der Waals surface area contributed by atoms with Crippen LogP contribution in [-0.2, 0) is 11.2 Å². The number of rotatable bonds is 2. The Hall–Kier alpha value is -0.380. The van der Waals surface area contributed by atoms with Gasteiger partial charge in [0.25, 0.3) is 0 Å². The molecular formula is C12H16BrNO. The third-order valence-corrected chi connectivity index (χ3v) is 3.71. The highest BCUT2D eigenvalue weighted by molar-refractivity contribution is 9.10. The number of ether oxygens (including phenoxy) is 1. The predicted molar refractivity (Wildman–Crippen MR) is 65.2 cm³/mol. The van der Waals surface area contributed by atoms with E-state index in [-0.39, 0.29) is 0 Å². The van der Waals surface area contributed by atoms with Crippen molar-refractivity contribution in [3.63, 3.8) is 0 Å². The number of halogens is 1. The molecule has 0 radical (unpaired) electrons. The van der Waals surface area contributed by atoms with Crippen LogP contribution < -0.4 is 5.32 Å². The maximum absolute atomic E-state index is 5.26. The Morgan fingerprint density at radius 1 is 1.53 bits per heavy atom. The van der Waals surface area contributed by atoms with Crippen LogP contribution in [0.1, 0.15) is 22.7 Å². The van der Waals surface area contributed by atoms with Crippen LogP contribution in [0.4, 0.5) is 0 Å². The van der Waals surface area contributed by atoms with Crippen LogP contribution in [-0.4, -0.2) is 20.3 Å². The van der Waals surface area contributed by atoms with Gasteiger partial charge in [0, 0.05) is 11.6 Å². The first kappa shape index (κ1) is 11.1. The number of hydrogen-bond acceptors (Lipinski definition) is 2. The SMILES string of the molecule is COCC1NCCc2c(Br)ccc(C)c21. The maximum atomic E-state index is 5.26. The van der Waals surface area contributed by atoms with Crippen LogP contribution in [0.25, 0.3) is 0 Å². The van der Waals surface area contributed by atoms with E-state index in [9.17, 15) is 0 Å². The van der Waals surface area contributed by atoms with Gasteiger partial charge in [-0.3, -0.25) is 0 Å². The van der Waals surface area contributed by atoms with Gasteiger partial charge in [-0.15, -0.1) is 0 Å². The molecule has 1 atom stereocenters. The number of aryl methyl sites for hydroxylation is 1. The summed E-state index contributed by atoms with van der Waals surface area (Å²) >= 11 is 3.63. The first-order valence-corrected chi connectivity index (χ1v) is 6.03. The molecule has 0 saturated carbocycles. The molecule has 1 N–H and O–H groups in total. The molecule has 15 heavy (non-hydrogen) atoms. The molecule has 2 nitrogen and oxygen atoms in total. The van der Waals surface area contributed by atoms with Crippen molar-refractivity contribution in [2.24, 2.45) is 0 Å². The van der Waals surface area contributed by atoms with Crippen LogP contribution >= 0.6 is 15.9 Å². The van der Waals surface area contributed by atoms with Crippen LogP contribution in [0.2, 0.25) is 0 Å². The molecule has 1 unspecified atom stereocenters. The summed E-state index contributed by atoms with van der Waals surface area (Å²) in [6.07, 6.45) is 1.10. The van der Waals surface area contributed by atoms with Crippen molar-refractivity contribution in [2.45, 2.75) is 19.4 Å². The van der Waals surface area contributed by atoms with Crippen LogP contribution in [0.5, 0.6) is 0 Å². The summed E-state index contributed by atoms with van der Waals surface area (Å²) < 4.78 is 6.48. The van der Waals surface area contributed by atoms with E-state index in [4.69, 9.17) is 4.74 Å². The summed E-state index contributed by atoms with van der Waals surface area (Å²) in [5.41, 5.74) is 4.20. The average molecular weight is 270 g/mol. The van der Waals surface area contributed by atoms with Crippen LogP contribution in [0, 0.1) is 6.92 Å². The molecule has 0 spiro atoms. The van der Waals surface area contributed by atoms with Gasteiger partial charge in [-0.2, -0.15) is 0 Å². The van der Waals surface area contributed by atoms with Crippen molar-refractivity contribution >= 4 is 15.9 Å². The topological polar surface area (TPSA) is 21.3 Å². The Balaban J connectivity index is 2.45. The molecule has 0 aromatic heterocycles. The molecule has 0 fully saturated rings. The minimum Gasteiger partial charge on any atom is -0.383 e. The summed E-state index contributed by atoms with van der Waals surface area (Å²) in [5, 5.41) is 3.50. The fourth-order valence-corrected chi connectivity index (χ4v) is 2.82. The summed E-state index contributed by atoms with van der Waals surface area (Å²) in [5.74, 6) is 0. The lowest BCUT2D eigenvalue weighted by atomic mass is 9.91. The standard InChI is InChI=1S/C12H16BrNO/c1-8-3-4-10(13)9-5-6-14-11(7-15-2)12(8)9/h3-4,11,14H,5-7H2,1-2H3. The fraction of sp³-hybridized carbons (Fsp3) is 0.500. The minimum absolute atomic E-state index is 0.344. The molecule has 1 aromatic rings. The van der Waals surface area contributed by atoms with Gasteiger partial charge < -0.3 is 10.1 Å². The third kappa shape index (κ3) is 2.10. The summed E-state index contributed by atoms with van der Waals surface area (Å²) in [4.78, 5) is 0. The normalized spacial score (nSPS) is 20.1. The van der Waals surface area contributed by atoms with Gasteiger partial charge in [0.15, 0.2) is 0 Å². The number of benzene rings is 1. The lowest BCUT2D eigenvalue weighted by molar-refractivity contribution is 0.164. The van der Waals surface area contributed by atoms with Gasteiger partial charge in [0.05, 0.1) is 12.6 Å². The predicted octanol–water partition coefficient (Wildman–Crippen LogP) is 2.59. The number of fused-ring (bicyclic) bond motifs is 1. The van der Waals surface area contributed by atoms with Crippen molar-refractivity contribution in [2.75, 3.05) is 20.3 Å². The zero-order chi connectivity index (χ0) is 10.8. The molecule has 2 rings (SSSR count). The van der Waals surface area contributed by atoms with Crippen LogP contribution in [0.3, 0.4) is 0 Å². The molecule has 1 aromatic carbocycles. The minimum atomic E-state index is 0.344. The molecule has 82 valence electrons. The monoisotopic (exact) mass is 269 g/mol. The highest BCUT2D eigenvalue weighted by Gasteiger charge is 2.22. The zero-order valence-corrected chi connectivity index (χ0v) is 10.7. The van der Waals surface area contributed by atoms with E-state index < -0.39 is 0 Å². The van der Waals surface area contributed by atoms with Gasteiger partial charge in [-0.1, -0.05) is 22.0 Å². The van der Waals surface area contributed by atoms with Gasteiger partial charge in [0.2, 0.25) is 0 Å². The molecular weight excluding hydrogens is 254 g/mol. The second-order valence-corrected chi connectivity index (χ2v) is 4.82. The van der Waals surface area contributed by atoms with Crippen molar-refractivity contribution in [1.82, 2.24) is 5.32 Å². The van der Waals surface area contributed by atoms with Crippen molar-refractivity contribution in [3.05, 3.63) is 33.3 Å². The number of nitrogens with one attached hydrogen (secondary N) is 1. The molecule has 1 heterocycles. The third-order valence-electron chi connectivity index (χ3n) is 2.97. The van der Waals surface area contributed by atoms with E-state index in [2.05, 4.69) is 40.3 Å². The number of hydrogen-bond donors (Lipinski definition) is 1. The lowest BCUT2D eigenvalue weighted by Crippen LogP contribution is -2.33. The van der Waals surface area contributed by atoms with E-state index in [1.165, 1.54) is 21.2 Å². The lowest BCUT2D eigenvalue weighted by Gasteiger charge is -2.29. The zero-order valence-electron chi connectivity index (χ0n) is 9.14. The Morgan fingerprint density at radius 3 is 3.07 bits per heavy atom. The summed E-state index contributed by atoms with van der Waals surface area (Å²) in [7, 11) is 1.75.